The fraction of sp³-hybridized carbons (Fsp3) is 0.529. The zero-order valence-corrected chi connectivity index (χ0v) is 14.4. The number of fused-ring (bicyclic) bond motifs is 1. The van der Waals surface area contributed by atoms with Crippen LogP contribution in [0.1, 0.15) is 56.1 Å². The minimum Gasteiger partial charge on any atom is -0.352 e. The highest BCUT2D eigenvalue weighted by Gasteiger charge is 2.25. The first-order valence-corrected chi connectivity index (χ1v) is 9.10. The number of nitrogens with one attached hydrogen (secondary N) is 2. The smallest absolute Gasteiger partial charge is 0.268 e. The quantitative estimate of drug-likeness (QED) is 0.883. The van der Waals surface area contributed by atoms with Crippen molar-refractivity contribution in [3.63, 3.8) is 0 Å². The molecular weight excluding hydrogens is 310 g/mol. The first-order valence-electron chi connectivity index (χ1n) is 8.22. The van der Waals surface area contributed by atoms with Crippen LogP contribution in [0.4, 0.5) is 0 Å². The van der Waals surface area contributed by atoms with Crippen LogP contribution in [-0.4, -0.2) is 29.0 Å². The second-order valence-electron chi connectivity index (χ2n) is 6.41. The molecule has 0 unspecified atom stereocenters. The summed E-state index contributed by atoms with van der Waals surface area (Å²) in [6.45, 7) is 3.82. The number of nitrogens with zero attached hydrogens (tertiary/aromatic N) is 1. The SMILES string of the molecule is CC(C)NC(=O)CNC(=O)c1cc2sccc2n1C1CCCC1. The first kappa shape index (κ1) is 16.1. The number of rotatable bonds is 5. The largest absolute Gasteiger partial charge is 0.352 e. The molecule has 2 heterocycles. The van der Waals surface area contributed by atoms with Gasteiger partial charge in [0.1, 0.15) is 5.69 Å². The zero-order chi connectivity index (χ0) is 16.4. The molecule has 1 aliphatic carbocycles. The van der Waals surface area contributed by atoms with Gasteiger partial charge in [0, 0.05) is 12.1 Å². The van der Waals surface area contributed by atoms with E-state index >= 15 is 0 Å². The highest BCUT2D eigenvalue weighted by atomic mass is 32.1. The van der Waals surface area contributed by atoms with Gasteiger partial charge in [-0.05, 0) is 44.2 Å². The molecule has 0 radical (unpaired) electrons. The van der Waals surface area contributed by atoms with Crippen LogP contribution >= 0.6 is 11.3 Å². The number of hydrogen-bond donors (Lipinski definition) is 2. The second kappa shape index (κ2) is 6.74. The summed E-state index contributed by atoms with van der Waals surface area (Å²) in [5.41, 5.74) is 1.81. The minimum absolute atomic E-state index is 0.0144. The number of carbonyl (C=O) groups is 2. The van der Waals surface area contributed by atoms with Crippen LogP contribution in [0.15, 0.2) is 17.5 Å². The maximum atomic E-state index is 12.6. The summed E-state index contributed by atoms with van der Waals surface area (Å²) in [7, 11) is 0. The van der Waals surface area contributed by atoms with E-state index in [0.29, 0.717) is 11.7 Å². The molecular formula is C17H23N3O2S. The molecule has 1 aliphatic rings. The highest BCUT2D eigenvalue weighted by Crippen LogP contribution is 2.36. The number of thiophene rings is 1. The monoisotopic (exact) mass is 333 g/mol. The molecule has 0 saturated heterocycles. The Labute approximate surface area is 140 Å². The van der Waals surface area contributed by atoms with Gasteiger partial charge in [-0.25, -0.2) is 0 Å². The molecule has 124 valence electrons. The number of aromatic nitrogens is 1. The molecule has 1 saturated carbocycles. The average molecular weight is 333 g/mol. The molecule has 0 spiro atoms. The van der Waals surface area contributed by atoms with E-state index < -0.39 is 0 Å². The Hall–Kier alpha value is -1.82. The molecule has 5 nitrogen and oxygen atoms in total. The standard InChI is InChI=1S/C17H23N3O2S/c1-11(2)19-16(21)10-18-17(22)14-9-15-13(7-8-23-15)20(14)12-5-3-4-6-12/h7-9,11-12H,3-6,10H2,1-2H3,(H,18,22)(H,19,21). The molecule has 1 fully saturated rings. The molecule has 0 aliphatic heterocycles. The molecule has 2 aromatic rings. The summed E-state index contributed by atoms with van der Waals surface area (Å²) in [4.78, 5) is 24.3. The van der Waals surface area contributed by atoms with Gasteiger partial charge in [-0.15, -0.1) is 11.3 Å². The van der Waals surface area contributed by atoms with Gasteiger partial charge >= 0.3 is 0 Å². The van der Waals surface area contributed by atoms with Gasteiger partial charge in [0.2, 0.25) is 5.91 Å². The highest BCUT2D eigenvalue weighted by molar-refractivity contribution is 7.17. The van der Waals surface area contributed by atoms with E-state index in [4.69, 9.17) is 0 Å². The van der Waals surface area contributed by atoms with Gasteiger partial charge in [-0.2, -0.15) is 0 Å². The molecule has 2 aromatic heterocycles. The third kappa shape index (κ3) is 3.42. The van der Waals surface area contributed by atoms with E-state index in [1.54, 1.807) is 11.3 Å². The Balaban J connectivity index is 1.78. The van der Waals surface area contributed by atoms with Crippen LogP contribution in [-0.2, 0) is 4.79 Å². The summed E-state index contributed by atoms with van der Waals surface area (Å²) in [5.74, 6) is -0.326. The second-order valence-corrected chi connectivity index (χ2v) is 7.36. The number of carbonyl (C=O) groups excluding carboxylic acids is 2. The van der Waals surface area contributed by atoms with Crippen molar-refractivity contribution in [1.82, 2.24) is 15.2 Å². The van der Waals surface area contributed by atoms with Crippen molar-refractivity contribution in [2.24, 2.45) is 0 Å². The first-order chi connectivity index (χ1) is 11.1. The van der Waals surface area contributed by atoms with Crippen molar-refractivity contribution in [3.8, 4) is 0 Å². The van der Waals surface area contributed by atoms with Crippen LogP contribution in [0.25, 0.3) is 10.2 Å². The Morgan fingerprint density at radius 1 is 1.35 bits per heavy atom. The van der Waals surface area contributed by atoms with E-state index in [9.17, 15) is 9.59 Å². The van der Waals surface area contributed by atoms with Crippen LogP contribution in [0.3, 0.4) is 0 Å². The van der Waals surface area contributed by atoms with Gasteiger partial charge in [-0.3, -0.25) is 9.59 Å². The lowest BCUT2D eigenvalue weighted by Gasteiger charge is -2.17. The van der Waals surface area contributed by atoms with Gasteiger partial charge < -0.3 is 15.2 Å². The van der Waals surface area contributed by atoms with Crippen molar-refractivity contribution in [3.05, 3.63) is 23.2 Å². The van der Waals surface area contributed by atoms with E-state index in [2.05, 4.69) is 26.6 Å². The van der Waals surface area contributed by atoms with Gasteiger partial charge in [0.05, 0.1) is 16.8 Å². The summed E-state index contributed by atoms with van der Waals surface area (Å²) in [5, 5.41) is 7.60. The molecule has 23 heavy (non-hydrogen) atoms. The fourth-order valence-electron chi connectivity index (χ4n) is 3.30. The third-order valence-electron chi connectivity index (χ3n) is 4.24. The van der Waals surface area contributed by atoms with E-state index in [-0.39, 0.29) is 24.4 Å². The fourth-order valence-corrected chi connectivity index (χ4v) is 4.11. The Morgan fingerprint density at radius 3 is 2.78 bits per heavy atom. The van der Waals surface area contributed by atoms with Crippen molar-refractivity contribution >= 4 is 33.4 Å². The Morgan fingerprint density at radius 2 is 2.09 bits per heavy atom. The van der Waals surface area contributed by atoms with E-state index in [1.165, 1.54) is 12.8 Å². The summed E-state index contributed by atoms with van der Waals surface area (Å²) in [6.07, 6.45) is 4.67. The maximum absolute atomic E-state index is 12.6. The molecule has 2 N–H and O–H groups in total. The van der Waals surface area contributed by atoms with Gasteiger partial charge in [0.15, 0.2) is 0 Å². The molecule has 0 aromatic carbocycles. The predicted octanol–water partition coefficient (Wildman–Crippen LogP) is 3.07. The van der Waals surface area contributed by atoms with Crippen molar-refractivity contribution in [1.29, 1.82) is 0 Å². The zero-order valence-electron chi connectivity index (χ0n) is 13.6. The lowest BCUT2D eigenvalue weighted by Crippen LogP contribution is -2.40. The third-order valence-corrected chi connectivity index (χ3v) is 5.09. The Bertz CT molecular complexity index is 711. The summed E-state index contributed by atoms with van der Waals surface area (Å²) < 4.78 is 3.31. The van der Waals surface area contributed by atoms with Crippen LogP contribution in [0.2, 0.25) is 0 Å². The maximum Gasteiger partial charge on any atom is 0.268 e. The molecule has 3 rings (SSSR count). The average Bonchev–Trinajstić information content (AvgIpc) is 3.19. The van der Waals surface area contributed by atoms with Crippen LogP contribution < -0.4 is 10.6 Å². The van der Waals surface area contributed by atoms with Gasteiger partial charge in [-0.1, -0.05) is 12.8 Å². The number of hydrogen-bond acceptors (Lipinski definition) is 3. The summed E-state index contributed by atoms with van der Waals surface area (Å²) in [6, 6.07) is 4.51. The van der Waals surface area contributed by atoms with Crippen molar-refractivity contribution in [2.45, 2.75) is 51.6 Å². The van der Waals surface area contributed by atoms with E-state index in [1.807, 2.05) is 19.9 Å². The van der Waals surface area contributed by atoms with Crippen LogP contribution in [0, 0.1) is 0 Å². The minimum atomic E-state index is -0.167. The normalized spacial score (nSPS) is 15.4. The molecule has 0 bridgehead atoms. The summed E-state index contributed by atoms with van der Waals surface area (Å²) >= 11 is 1.65. The van der Waals surface area contributed by atoms with Gasteiger partial charge in [0.25, 0.3) is 5.91 Å². The van der Waals surface area contributed by atoms with Crippen molar-refractivity contribution < 1.29 is 9.59 Å². The van der Waals surface area contributed by atoms with E-state index in [0.717, 1.165) is 23.1 Å². The number of amides is 2. The Kier molecular flexibility index (Phi) is 4.71. The lowest BCUT2D eigenvalue weighted by atomic mass is 10.2. The molecule has 6 heteroatoms. The lowest BCUT2D eigenvalue weighted by molar-refractivity contribution is -0.120. The topological polar surface area (TPSA) is 63.1 Å². The van der Waals surface area contributed by atoms with Crippen LogP contribution in [0.5, 0.6) is 0 Å². The van der Waals surface area contributed by atoms with Crippen molar-refractivity contribution in [2.75, 3.05) is 6.54 Å². The predicted molar refractivity (Wildman–Crippen MR) is 92.9 cm³/mol. The molecule has 0 atom stereocenters. The molecule has 2 amide bonds.